The van der Waals surface area contributed by atoms with E-state index in [1.165, 1.54) is 22.3 Å². The Morgan fingerprint density at radius 2 is 1.64 bits per heavy atom. The second-order valence-electron chi connectivity index (χ2n) is 18.5. The van der Waals surface area contributed by atoms with Crippen LogP contribution in [0, 0.1) is 11.7 Å². The van der Waals surface area contributed by atoms with Crippen LogP contribution in [0.25, 0.3) is 11.1 Å². The molecule has 0 radical (unpaired) electrons. The van der Waals surface area contributed by atoms with Crippen LogP contribution in [0.15, 0.2) is 72.5 Å². The van der Waals surface area contributed by atoms with Gasteiger partial charge in [0.1, 0.15) is 5.82 Å². The van der Waals surface area contributed by atoms with Gasteiger partial charge in [-0.25, -0.2) is 24.2 Å². The molecule has 2 N–H and O–H groups in total. The topological polar surface area (TPSA) is 177 Å². The molecule has 19 heteroatoms. The number of fused-ring (bicyclic) bond motifs is 5. The van der Waals surface area contributed by atoms with Gasteiger partial charge < -0.3 is 19.3 Å². The average Bonchev–Trinajstić information content (AvgIpc) is 4.22. The van der Waals surface area contributed by atoms with Crippen LogP contribution < -0.4 is 20.4 Å². The standard InChI is InChI=1S/C48H46FN11O6S/c49-38-19-29(18-35-37(38)25-58(44(35)63)42(43(62)53-47-50-12-17-67-47)41-39-2-1-13-55(39)26-51-41)28-3-5-30(6-4-28)57-24-32-20-33(57)23-56(32)22-27-9-14-54(15-10-27)31-7-8-34-36(21-31)46(65)60(45(34)64)59-16-11-40(61)52-48(59)66/h3-8,12,17-19,21,26-27,32-33,42H,1-2,9-11,13-16,20,22-25H2,(H,50,53,62)(H,52,61,66)/t32-,33-,42?/m1/s1. The summed E-state index contributed by atoms with van der Waals surface area (Å²) in [6.07, 6.45) is 8.07. The Labute approximate surface area is 388 Å². The zero-order valence-electron chi connectivity index (χ0n) is 36.4. The number of nitrogens with zero attached hydrogens (tertiary/aromatic N) is 9. The molecule has 5 aromatic rings. The number of urea groups is 1. The van der Waals surface area contributed by atoms with E-state index in [1.807, 2.05) is 22.8 Å². The highest BCUT2D eigenvalue weighted by Gasteiger charge is 2.46. The fourth-order valence-electron chi connectivity index (χ4n) is 11.4. The molecule has 3 aromatic carbocycles. The number of carbonyl (C=O) groups is 6. The Balaban J connectivity index is 0.669. The molecule has 342 valence electrons. The molecule has 9 heterocycles. The number of imidazole rings is 1. The average molecular weight is 924 g/mol. The van der Waals surface area contributed by atoms with Gasteiger partial charge in [-0.15, -0.1) is 11.3 Å². The van der Waals surface area contributed by atoms with E-state index in [2.05, 4.69) is 47.4 Å². The third-order valence-electron chi connectivity index (χ3n) is 14.8. The molecule has 12 rings (SSSR count). The number of hydrogen-bond acceptors (Lipinski definition) is 12. The summed E-state index contributed by atoms with van der Waals surface area (Å²) in [5.41, 5.74) is 5.83. The summed E-state index contributed by atoms with van der Waals surface area (Å²) in [6, 6.07) is 15.7. The lowest BCUT2D eigenvalue weighted by molar-refractivity contribution is -0.123. The quantitative estimate of drug-likeness (QED) is 0.179. The number of aromatic nitrogens is 3. The lowest BCUT2D eigenvalue weighted by atomic mass is 9.95. The van der Waals surface area contributed by atoms with Crippen LogP contribution in [-0.2, 0) is 29.1 Å². The number of piperazine rings is 1. The summed E-state index contributed by atoms with van der Waals surface area (Å²) >= 11 is 1.28. The zero-order chi connectivity index (χ0) is 45.7. The molecule has 1 unspecified atom stereocenters. The Bertz CT molecular complexity index is 2900. The third-order valence-corrected chi connectivity index (χ3v) is 15.5. The number of piperidine rings is 1. The van der Waals surface area contributed by atoms with Gasteiger partial charge in [-0.1, -0.05) is 12.1 Å². The van der Waals surface area contributed by atoms with Crippen molar-refractivity contribution in [3.63, 3.8) is 0 Å². The van der Waals surface area contributed by atoms with Crippen molar-refractivity contribution in [1.29, 1.82) is 0 Å². The number of hydrogen-bond donors (Lipinski definition) is 2. The van der Waals surface area contributed by atoms with E-state index < -0.39 is 47.4 Å². The highest BCUT2D eigenvalue weighted by molar-refractivity contribution is 7.13. The van der Waals surface area contributed by atoms with Gasteiger partial charge in [-0.05, 0) is 91.6 Å². The van der Waals surface area contributed by atoms with Crippen molar-refractivity contribution in [2.45, 2.75) is 69.7 Å². The molecule has 2 aromatic heterocycles. The molecule has 2 bridgehead atoms. The Morgan fingerprint density at radius 1 is 0.836 bits per heavy atom. The molecule has 7 amide bonds. The zero-order valence-corrected chi connectivity index (χ0v) is 37.2. The van der Waals surface area contributed by atoms with Crippen LogP contribution in [0.4, 0.5) is 25.7 Å². The molecule has 4 saturated heterocycles. The summed E-state index contributed by atoms with van der Waals surface area (Å²) in [4.78, 5) is 96.3. The lowest BCUT2D eigenvalue weighted by Crippen LogP contribution is -2.58. The van der Waals surface area contributed by atoms with Gasteiger partial charge in [-0.3, -0.25) is 39.5 Å². The Kier molecular flexibility index (Phi) is 9.97. The maximum Gasteiger partial charge on any atom is 0.343 e. The second kappa shape index (κ2) is 16.1. The summed E-state index contributed by atoms with van der Waals surface area (Å²) in [5, 5.41) is 9.06. The number of nitrogens with one attached hydrogen (secondary N) is 2. The van der Waals surface area contributed by atoms with Crippen molar-refractivity contribution in [2.24, 2.45) is 5.92 Å². The summed E-state index contributed by atoms with van der Waals surface area (Å²) in [5.74, 6) is -2.38. The molecule has 7 aliphatic heterocycles. The normalized spacial score (nSPS) is 22.0. The number of aryl methyl sites for hydroxylation is 1. The first-order chi connectivity index (χ1) is 32.6. The summed E-state index contributed by atoms with van der Waals surface area (Å²) in [7, 11) is 0. The van der Waals surface area contributed by atoms with Crippen LogP contribution in [-0.4, -0.2) is 121 Å². The third kappa shape index (κ3) is 7.04. The van der Waals surface area contributed by atoms with Crippen molar-refractivity contribution in [3.8, 4) is 11.1 Å². The van der Waals surface area contributed by atoms with E-state index in [9.17, 15) is 28.8 Å². The van der Waals surface area contributed by atoms with Crippen molar-refractivity contribution in [1.82, 2.24) is 39.7 Å². The Morgan fingerprint density at radius 3 is 2.40 bits per heavy atom. The van der Waals surface area contributed by atoms with Crippen LogP contribution >= 0.6 is 11.3 Å². The molecule has 4 fully saturated rings. The molecule has 7 aliphatic rings. The van der Waals surface area contributed by atoms with Gasteiger partial charge in [0.05, 0.1) is 36.2 Å². The number of thiazole rings is 1. The molecule has 0 aliphatic carbocycles. The summed E-state index contributed by atoms with van der Waals surface area (Å²) in [6.45, 7) is 5.28. The molecule has 17 nitrogen and oxygen atoms in total. The second-order valence-corrected chi connectivity index (χ2v) is 19.4. The number of amides is 7. The smallest absolute Gasteiger partial charge is 0.343 e. The fraction of sp³-hybridized carbons (Fsp3) is 0.375. The number of rotatable bonds is 10. The van der Waals surface area contributed by atoms with E-state index in [0.29, 0.717) is 34.4 Å². The van der Waals surface area contributed by atoms with Gasteiger partial charge >= 0.3 is 6.03 Å². The minimum Gasteiger partial charge on any atom is -0.371 e. The van der Waals surface area contributed by atoms with Gasteiger partial charge in [0, 0.05) is 97.5 Å². The highest BCUT2D eigenvalue weighted by atomic mass is 32.1. The predicted octanol–water partition coefficient (Wildman–Crippen LogP) is 5.06. The number of imide groups is 2. The molecule has 0 spiro atoms. The van der Waals surface area contributed by atoms with Crippen molar-refractivity contribution in [3.05, 3.63) is 112 Å². The molecular weight excluding hydrogens is 878 g/mol. The van der Waals surface area contributed by atoms with E-state index >= 15 is 4.39 Å². The van der Waals surface area contributed by atoms with E-state index in [4.69, 9.17) is 0 Å². The van der Waals surface area contributed by atoms with Crippen molar-refractivity contribution < 1.29 is 33.2 Å². The molecule has 0 saturated carbocycles. The van der Waals surface area contributed by atoms with E-state index in [0.717, 1.165) is 104 Å². The first-order valence-electron chi connectivity index (χ1n) is 22.9. The van der Waals surface area contributed by atoms with Gasteiger partial charge in [-0.2, -0.15) is 5.01 Å². The van der Waals surface area contributed by atoms with Crippen LogP contribution in [0.5, 0.6) is 0 Å². The fourth-order valence-corrected chi connectivity index (χ4v) is 11.9. The highest BCUT2D eigenvalue weighted by Crippen LogP contribution is 2.40. The number of likely N-dealkylation sites (tertiary alicyclic amines) is 1. The number of benzene rings is 3. The number of anilines is 3. The summed E-state index contributed by atoms with van der Waals surface area (Å²) < 4.78 is 18.0. The van der Waals surface area contributed by atoms with Gasteiger partial charge in [0.25, 0.3) is 23.6 Å². The number of carbonyl (C=O) groups excluding carboxylic acids is 6. The van der Waals surface area contributed by atoms with Crippen LogP contribution in [0.1, 0.15) is 86.2 Å². The maximum atomic E-state index is 16.0. The first-order valence-corrected chi connectivity index (χ1v) is 23.8. The van der Waals surface area contributed by atoms with Gasteiger partial charge in [0.15, 0.2) is 11.2 Å². The van der Waals surface area contributed by atoms with Crippen LogP contribution in [0.3, 0.4) is 0 Å². The lowest BCUT2D eigenvalue weighted by Gasteiger charge is -2.40. The molecule has 3 atom stereocenters. The van der Waals surface area contributed by atoms with E-state index in [-0.39, 0.29) is 41.8 Å². The SMILES string of the molecule is O=C1CCN(N2C(=O)c3ccc(N4CCC(CN5C[C@H]6C[C@@H]5CN6c5ccc(-c6cc(F)c7c(c6)C(=O)N(C(C(=O)Nc6nccs6)c6ncn8c6CCC8)C7)cc5)CC4)cc3C2=O)C(=O)N1. The predicted molar refractivity (Wildman–Crippen MR) is 244 cm³/mol. The molecular formula is C48H46FN11O6S. The van der Waals surface area contributed by atoms with Gasteiger partial charge in [0.2, 0.25) is 5.91 Å². The van der Waals surface area contributed by atoms with Crippen molar-refractivity contribution in [2.75, 3.05) is 54.4 Å². The van der Waals surface area contributed by atoms with E-state index in [1.54, 1.807) is 36.1 Å². The first kappa shape index (κ1) is 41.4. The van der Waals surface area contributed by atoms with Crippen LogP contribution in [0.2, 0.25) is 0 Å². The monoisotopic (exact) mass is 923 g/mol. The molecule has 67 heavy (non-hydrogen) atoms. The Hall–Kier alpha value is -6.99. The van der Waals surface area contributed by atoms with Crippen molar-refractivity contribution >= 4 is 63.4 Å². The number of hydrazine groups is 1. The minimum absolute atomic E-state index is 0.00914. The largest absolute Gasteiger partial charge is 0.371 e. The minimum atomic E-state index is -1.05. The maximum absolute atomic E-state index is 16.0. The number of halogens is 1.